The summed E-state index contributed by atoms with van der Waals surface area (Å²) in [7, 11) is 0. The molecule has 0 radical (unpaired) electrons. The molecular formula is C25H36O7. The van der Waals surface area contributed by atoms with Crippen LogP contribution in [0.25, 0.3) is 0 Å². The van der Waals surface area contributed by atoms with Crippen molar-refractivity contribution in [3.63, 3.8) is 0 Å². The first kappa shape index (κ1) is 23.3. The summed E-state index contributed by atoms with van der Waals surface area (Å²) in [6.45, 7) is 8.61. The second kappa shape index (κ2) is 8.15. The lowest BCUT2D eigenvalue weighted by Gasteiger charge is -2.60. The van der Waals surface area contributed by atoms with Crippen LogP contribution in [0.2, 0.25) is 0 Å². The molecule has 7 heteroatoms. The molecule has 0 aromatic carbocycles. The number of hydrogen-bond donors (Lipinski definition) is 1. The van der Waals surface area contributed by atoms with Crippen LogP contribution in [0.15, 0.2) is 11.6 Å². The van der Waals surface area contributed by atoms with E-state index >= 15 is 0 Å². The van der Waals surface area contributed by atoms with E-state index in [1.54, 1.807) is 0 Å². The van der Waals surface area contributed by atoms with Crippen LogP contribution in [-0.4, -0.2) is 47.4 Å². The zero-order chi connectivity index (χ0) is 23.4. The Hall–Kier alpha value is -1.89. The third-order valence-corrected chi connectivity index (χ3v) is 9.02. The fourth-order valence-electron chi connectivity index (χ4n) is 7.69. The highest BCUT2D eigenvalue weighted by molar-refractivity contribution is 5.67. The monoisotopic (exact) mass is 448 g/mol. The van der Waals surface area contributed by atoms with Gasteiger partial charge in [0.1, 0.15) is 18.3 Å². The Morgan fingerprint density at radius 2 is 1.53 bits per heavy atom. The molecule has 9 atom stereocenters. The predicted octanol–water partition coefficient (Wildman–Crippen LogP) is 3.33. The summed E-state index contributed by atoms with van der Waals surface area (Å²) < 4.78 is 17.1. The minimum absolute atomic E-state index is 0.00592. The van der Waals surface area contributed by atoms with E-state index < -0.39 is 17.6 Å². The van der Waals surface area contributed by atoms with E-state index in [1.165, 1.54) is 20.8 Å². The van der Waals surface area contributed by atoms with Crippen LogP contribution in [0, 0.1) is 28.6 Å². The van der Waals surface area contributed by atoms with E-state index in [0.717, 1.165) is 31.3 Å². The van der Waals surface area contributed by atoms with Gasteiger partial charge in [0.15, 0.2) is 0 Å². The van der Waals surface area contributed by atoms with E-state index in [1.807, 2.05) is 6.08 Å². The van der Waals surface area contributed by atoms with Gasteiger partial charge in [-0.1, -0.05) is 25.5 Å². The predicted molar refractivity (Wildman–Crippen MR) is 115 cm³/mol. The smallest absolute Gasteiger partial charge is 0.302 e. The zero-order valence-electron chi connectivity index (χ0n) is 19.8. The average molecular weight is 449 g/mol. The number of fused-ring (bicyclic) bond motifs is 5. The molecule has 0 bridgehead atoms. The molecule has 4 unspecified atom stereocenters. The van der Waals surface area contributed by atoms with Gasteiger partial charge < -0.3 is 19.3 Å². The highest BCUT2D eigenvalue weighted by Gasteiger charge is 2.64. The third kappa shape index (κ3) is 3.66. The van der Waals surface area contributed by atoms with Crippen molar-refractivity contribution in [1.82, 2.24) is 0 Å². The van der Waals surface area contributed by atoms with Gasteiger partial charge in [0.25, 0.3) is 0 Å². The van der Waals surface area contributed by atoms with Crippen LogP contribution >= 0.6 is 0 Å². The van der Waals surface area contributed by atoms with Crippen LogP contribution in [0.5, 0.6) is 0 Å². The zero-order valence-corrected chi connectivity index (χ0v) is 19.8. The van der Waals surface area contributed by atoms with Gasteiger partial charge in [-0.3, -0.25) is 14.4 Å². The highest BCUT2D eigenvalue weighted by atomic mass is 16.6. The summed E-state index contributed by atoms with van der Waals surface area (Å²) >= 11 is 0. The van der Waals surface area contributed by atoms with E-state index in [2.05, 4.69) is 13.8 Å². The number of hydrogen-bond acceptors (Lipinski definition) is 7. The Labute approximate surface area is 189 Å². The quantitative estimate of drug-likeness (QED) is 0.402. The van der Waals surface area contributed by atoms with Crippen LogP contribution < -0.4 is 0 Å². The van der Waals surface area contributed by atoms with Crippen molar-refractivity contribution in [3.05, 3.63) is 11.6 Å². The second-order valence-electron chi connectivity index (χ2n) is 10.7. The van der Waals surface area contributed by atoms with Gasteiger partial charge in [-0.2, -0.15) is 0 Å². The van der Waals surface area contributed by atoms with Gasteiger partial charge in [0.05, 0.1) is 6.10 Å². The number of ether oxygens (including phenoxy) is 3. The summed E-state index contributed by atoms with van der Waals surface area (Å²) in [6, 6.07) is 0. The van der Waals surface area contributed by atoms with Crippen LogP contribution in [0.1, 0.15) is 73.1 Å². The molecule has 3 fully saturated rings. The first-order valence-corrected chi connectivity index (χ1v) is 11.9. The summed E-state index contributed by atoms with van der Waals surface area (Å²) in [5, 5.41) is 11.3. The SMILES string of the molecule is CC(=O)OC1CC2=CC(O)[C@@H]3[C@@H](CC[C@]4(C)C(OC(C)=O)CC[C@@H]34)[C@@]2(C)C(OC(C)=O)C1. The van der Waals surface area contributed by atoms with Crippen LogP contribution in [-0.2, 0) is 28.6 Å². The molecule has 0 aliphatic heterocycles. The van der Waals surface area contributed by atoms with Crippen molar-refractivity contribution >= 4 is 17.9 Å². The molecule has 0 aromatic rings. The van der Waals surface area contributed by atoms with E-state index in [0.29, 0.717) is 12.8 Å². The number of aliphatic hydroxyl groups excluding tert-OH is 1. The lowest BCUT2D eigenvalue weighted by atomic mass is 9.46. The molecule has 0 spiro atoms. The summed E-state index contributed by atoms with van der Waals surface area (Å²) in [5.41, 5.74) is 0.433. The molecule has 0 amide bonds. The van der Waals surface area contributed by atoms with Crippen molar-refractivity contribution in [2.75, 3.05) is 0 Å². The molecule has 32 heavy (non-hydrogen) atoms. The number of aliphatic hydroxyl groups is 1. The maximum absolute atomic E-state index is 12.0. The topological polar surface area (TPSA) is 99.1 Å². The van der Waals surface area contributed by atoms with Crippen molar-refractivity contribution in [1.29, 1.82) is 0 Å². The molecule has 3 saturated carbocycles. The number of rotatable bonds is 3. The minimum atomic E-state index is -0.627. The number of carbonyl (C=O) groups excluding carboxylic acids is 3. The molecule has 4 aliphatic carbocycles. The maximum Gasteiger partial charge on any atom is 0.302 e. The highest BCUT2D eigenvalue weighted by Crippen LogP contribution is 2.65. The lowest BCUT2D eigenvalue weighted by molar-refractivity contribution is -0.179. The average Bonchev–Trinajstić information content (AvgIpc) is 2.99. The van der Waals surface area contributed by atoms with Crippen LogP contribution in [0.3, 0.4) is 0 Å². The molecule has 4 aliphatic rings. The van der Waals surface area contributed by atoms with Crippen LogP contribution in [0.4, 0.5) is 0 Å². The third-order valence-electron chi connectivity index (χ3n) is 9.02. The number of esters is 3. The Balaban J connectivity index is 1.70. The Morgan fingerprint density at radius 1 is 0.906 bits per heavy atom. The van der Waals surface area contributed by atoms with Crippen molar-refractivity contribution in [3.8, 4) is 0 Å². The van der Waals surface area contributed by atoms with Gasteiger partial charge in [-0.05, 0) is 43.4 Å². The molecule has 4 rings (SSSR count). The normalized spacial score (nSPS) is 44.9. The standard InChI is InChI=1S/C25H36O7/c1-13(26)30-17-10-16-11-20(29)23-18-6-7-21(31-14(2)27)24(18,4)9-8-19(23)25(16,5)22(12-17)32-15(3)28/h11,17-23,29H,6-10,12H2,1-5H3/t17?,18-,19+,20?,21?,22?,23-,24-,25-/m0/s1. The molecule has 7 nitrogen and oxygen atoms in total. The molecule has 0 aromatic heterocycles. The van der Waals surface area contributed by atoms with Crippen molar-refractivity contribution in [2.45, 2.75) is 97.6 Å². The number of carbonyl (C=O) groups is 3. The first-order chi connectivity index (χ1) is 15.0. The molecule has 0 heterocycles. The summed E-state index contributed by atoms with van der Waals surface area (Å²) in [6.07, 6.45) is 4.87. The molecule has 0 saturated heterocycles. The van der Waals surface area contributed by atoms with Gasteiger partial charge in [-0.25, -0.2) is 0 Å². The lowest BCUT2D eigenvalue weighted by Crippen LogP contribution is -2.60. The van der Waals surface area contributed by atoms with Gasteiger partial charge >= 0.3 is 17.9 Å². The van der Waals surface area contributed by atoms with E-state index in [-0.39, 0.29) is 53.3 Å². The Morgan fingerprint density at radius 3 is 2.16 bits per heavy atom. The summed E-state index contributed by atoms with van der Waals surface area (Å²) in [4.78, 5) is 35.3. The molecular weight excluding hydrogens is 412 g/mol. The fraction of sp³-hybridized carbons (Fsp3) is 0.800. The first-order valence-electron chi connectivity index (χ1n) is 11.9. The second-order valence-corrected chi connectivity index (χ2v) is 10.7. The summed E-state index contributed by atoms with van der Waals surface area (Å²) in [5.74, 6) is -0.597. The van der Waals surface area contributed by atoms with E-state index in [9.17, 15) is 19.5 Å². The minimum Gasteiger partial charge on any atom is -0.462 e. The molecule has 1 N–H and O–H groups in total. The van der Waals surface area contributed by atoms with Crippen molar-refractivity contribution < 1.29 is 33.7 Å². The Bertz CT molecular complexity index is 834. The van der Waals surface area contributed by atoms with Gasteiger partial charge in [0.2, 0.25) is 0 Å². The van der Waals surface area contributed by atoms with Gasteiger partial charge in [0, 0.05) is 44.4 Å². The van der Waals surface area contributed by atoms with Gasteiger partial charge in [-0.15, -0.1) is 0 Å². The Kier molecular flexibility index (Phi) is 5.93. The fourth-order valence-corrected chi connectivity index (χ4v) is 7.69. The maximum atomic E-state index is 12.0. The van der Waals surface area contributed by atoms with Crippen molar-refractivity contribution in [2.24, 2.45) is 28.6 Å². The largest absolute Gasteiger partial charge is 0.462 e. The molecule has 178 valence electrons. The van der Waals surface area contributed by atoms with E-state index in [4.69, 9.17) is 14.2 Å².